The van der Waals surface area contributed by atoms with Crippen molar-refractivity contribution in [1.82, 2.24) is 5.32 Å². The smallest absolute Gasteiger partial charge is 0.441 e. The third-order valence-corrected chi connectivity index (χ3v) is 11.2. The molecule has 0 aliphatic heterocycles. The van der Waals surface area contributed by atoms with Crippen LogP contribution in [0.25, 0.3) is 0 Å². The molecule has 8 atom stereocenters. The summed E-state index contributed by atoms with van der Waals surface area (Å²) >= 11 is 0. The van der Waals surface area contributed by atoms with Gasteiger partial charge in [0, 0.05) is 35.4 Å². The van der Waals surface area contributed by atoms with Gasteiger partial charge in [0.05, 0.1) is 24.2 Å². The van der Waals surface area contributed by atoms with E-state index in [1.807, 2.05) is 0 Å². The number of nitrogens with one attached hydrogen (secondary N) is 1. The van der Waals surface area contributed by atoms with Crippen LogP contribution in [0.4, 0.5) is 19.7 Å². The first-order chi connectivity index (χ1) is 23.1. The van der Waals surface area contributed by atoms with Gasteiger partial charge in [0.2, 0.25) is 5.78 Å². The van der Waals surface area contributed by atoms with Gasteiger partial charge in [0.15, 0.2) is 18.1 Å². The van der Waals surface area contributed by atoms with Crippen LogP contribution in [0, 0.1) is 38.7 Å². The number of carbonyl (C=O) groups is 4. The Bertz CT molecular complexity index is 1560. The number of Topliss-reactive ketones (excluding diaryl/α,β-unsaturated/α-hetero) is 1. The van der Waals surface area contributed by atoms with Gasteiger partial charge in [-0.3, -0.25) is 19.7 Å². The van der Waals surface area contributed by atoms with Gasteiger partial charge in [-0.2, -0.15) is 0 Å². The van der Waals surface area contributed by atoms with Crippen LogP contribution in [0.3, 0.4) is 0 Å². The number of rotatable bonds is 11. The lowest BCUT2D eigenvalue weighted by atomic mass is 9.44. The van der Waals surface area contributed by atoms with E-state index >= 15 is 4.39 Å². The summed E-state index contributed by atoms with van der Waals surface area (Å²) in [4.78, 5) is 59.8. The first-order valence-corrected chi connectivity index (χ1v) is 16.2. The first-order valence-electron chi connectivity index (χ1n) is 16.2. The van der Waals surface area contributed by atoms with Crippen molar-refractivity contribution in [2.45, 2.75) is 63.8 Å². The highest BCUT2D eigenvalue weighted by atomic mass is 19.1. The Morgan fingerprint density at radius 1 is 1.10 bits per heavy atom. The van der Waals surface area contributed by atoms with Crippen molar-refractivity contribution in [1.29, 1.82) is 0 Å². The van der Waals surface area contributed by atoms with Crippen molar-refractivity contribution in [2.24, 2.45) is 28.6 Å². The topological polar surface area (TPSA) is 201 Å². The van der Waals surface area contributed by atoms with Gasteiger partial charge in [0.1, 0.15) is 18.0 Å². The fraction of sp³-hybridized carbons (Fsp3) is 0.588. The maximum atomic E-state index is 17.3. The van der Waals surface area contributed by atoms with Gasteiger partial charge in [-0.1, -0.05) is 25.5 Å². The van der Waals surface area contributed by atoms with Crippen LogP contribution in [0.5, 0.6) is 5.75 Å². The average Bonchev–Trinajstić information content (AvgIpc) is 3.25. The van der Waals surface area contributed by atoms with Gasteiger partial charge in [-0.25, -0.2) is 14.0 Å². The predicted molar refractivity (Wildman–Crippen MR) is 168 cm³/mol. The fourth-order valence-electron chi connectivity index (χ4n) is 8.71. The van der Waals surface area contributed by atoms with E-state index in [9.17, 15) is 39.5 Å². The number of nitro groups is 1. The monoisotopic (exact) mass is 688 g/mol. The molecule has 49 heavy (non-hydrogen) atoms. The highest BCUT2D eigenvalue weighted by molar-refractivity contribution is 6.01. The number of hydrogen-bond acceptors (Lipinski definition) is 12. The average molecular weight is 689 g/mol. The number of benzene rings is 1. The van der Waals surface area contributed by atoms with Gasteiger partial charge in [0.25, 0.3) is 5.69 Å². The highest BCUT2D eigenvalue weighted by Gasteiger charge is 2.75. The summed E-state index contributed by atoms with van der Waals surface area (Å²) < 4.78 is 37.5. The molecule has 0 aromatic heterocycles. The van der Waals surface area contributed by atoms with E-state index < -0.39 is 75.5 Å². The summed E-state index contributed by atoms with van der Waals surface area (Å²) in [6.45, 7) is 4.16. The minimum absolute atomic E-state index is 0.00790. The zero-order valence-electron chi connectivity index (χ0n) is 27.5. The number of ether oxygens (including phenoxy) is 4. The Morgan fingerprint density at radius 3 is 2.51 bits per heavy atom. The Hall–Kier alpha value is -4.21. The van der Waals surface area contributed by atoms with E-state index in [-0.39, 0.29) is 50.0 Å². The second kappa shape index (κ2) is 13.6. The van der Waals surface area contributed by atoms with E-state index in [0.717, 1.165) is 0 Å². The molecule has 1 aromatic rings. The number of ketones is 2. The minimum atomic E-state index is -2.10. The molecule has 0 radical (unpaired) electrons. The van der Waals surface area contributed by atoms with Gasteiger partial charge in [-0.15, -0.1) is 0 Å². The van der Waals surface area contributed by atoms with Crippen molar-refractivity contribution in [3.05, 3.63) is 58.2 Å². The molecular weight excluding hydrogens is 647 g/mol. The van der Waals surface area contributed by atoms with Crippen molar-refractivity contribution in [2.75, 3.05) is 33.0 Å². The number of aliphatic hydroxyl groups excluding tert-OH is 1. The molecule has 4 aliphatic carbocycles. The number of hydrogen-bond donors (Lipinski definition) is 3. The summed E-state index contributed by atoms with van der Waals surface area (Å²) in [6.07, 6.45) is 1.80. The summed E-state index contributed by atoms with van der Waals surface area (Å²) in [5, 5.41) is 36.6. The number of alkyl carbamates (subject to hydrolysis) is 1. The van der Waals surface area contributed by atoms with Crippen LogP contribution >= 0.6 is 0 Å². The normalized spacial score (nSPS) is 34.5. The Balaban J connectivity index is 1.07. The number of alkyl halides is 1. The number of aliphatic hydroxyl groups is 2. The summed E-state index contributed by atoms with van der Waals surface area (Å²) in [6, 6.07) is 4.85. The molecule has 0 spiro atoms. The standard InChI is InChI=1S/C34H41FN2O12/c1-20-16-26-25-9-4-21-17-23(38)10-11-31(21,2)33(25,35)27(39)18-32(26,3)34(20,43)28(40)19-48-29(41)36-12-13-46-14-15-47-30(42)49-24-7-5-22(6-8-24)37(44)45/h5-8,10-11,17,20,25-27,39,43H,4,9,12-16,18-19H2,1-3H3,(H,36,41). The van der Waals surface area contributed by atoms with Gasteiger partial charge >= 0.3 is 12.2 Å². The molecule has 5 rings (SSSR count). The lowest BCUT2D eigenvalue weighted by Crippen LogP contribution is -2.69. The molecule has 0 bridgehead atoms. The molecule has 3 N–H and O–H groups in total. The zero-order chi connectivity index (χ0) is 35.8. The molecule has 3 saturated carbocycles. The predicted octanol–water partition coefficient (Wildman–Crippen LogP) is 3.77. The molecule has 4 aliphatic rings. The van der Waals surface area contributed by atoms with Crippen molar-refractivity contribution < 1.29 is 57.7 Å². The van der Waals surface area contributed by atoms with Crippen LogP contribution in [-0.2, 0) is 23.8 Å². The second-order valence-electron chi connectivity index (χ2n) is 13.7. The summed E-state index contributed by atoms with van der Waals surface area (Å²) in [7, 11) is 0. The van der Waals surface area contributed by atoms with Crippen molar-refractivity contribution in [3.8, 4) is 5.75 Å². The van der Waals surface area contributed by atoms with Crippen LogP contribution in [0.1, 0.15) is 46.5 Å². The first kappa shape index (κ1) is 36.1. The number of amides is 1. The van der Waals surface area contributed by atoms with E-state index in [1.54, 1.807) is 26.8 Å². The van der Waals surface area contributed by atoms with Crippen LogP contribution in [-0.4, -0.2) is 89.3 Å². The number of fused-ring (bicyclic) bond motifs is 5. The number of nitrogens with zero attached hydrogens (tertiary/aromatic N) is 1. The largest absolute Gasteiger partial charge is 0.513 e. The van der Waals surface area contributed by atoms with Crippen LogP contribution in [0.15, 0.2) is 48.1 Å². The Labute approximate surface area is 281 Å². The number of carbonyl (C=O) groups excluding carboxylic acids is 4. The summed E-state index contributed by atoms with van der Waals surface area (Å²) in [5.41, 5.74) is -6.00. The molecule has 3 fully saturated rings. The van der Waals surface area contributed by atoms with Crippen LogP contribution < -0.4 is 10.1 Å². The third kappa shape index (κ3) is 6.23. The highest BCUT2D eigenvalue weighted by Crippen LogP contribution is 2.70. The molecule has 14 nitrogen and oxygen atoms in total. The third-order valence-electron chi connectivity index (χ3n) is 11.2. The zero-order valence-corrected chi connectivity index (χ0v) is 27.5. The molecule has 8 unspecified atom stereocenters. The quantitative estimate of drug-likeness (QED) is 0.100. The molecule has 1 aromatic carbocycles. The van der Waals surface area contributed by atoms with E-state index in [2.05, 4.69) is 5.32 Å². The fourth-order valence-corrected chi connectivity index (χ4v) is 8.71. The molecule has 1 amide bonds. The van der Waals surface area contributed by atoms with Crippen LogP contribution in [0.2, 0.25) is 0 Å². The summed E-state index contributed by atoms with van der Waals surface area (Å²) in [5.74, 6) is -2.63. The SMILES string of the molecule is CC1CC2C3CCC4=CC(=O)C=CC4(C)C3(F)C(O)CC2(C)C1(O)C(=O)COC(=O)NCCOCCOC(=O)Oc1ccc([N+](=O)[O-])cc1. The lowest BCUT2D eigenvalue weighted by Gasteiger charge is -2.62. The number of nitro benzene ring substituents is 1. The second-order valence-corrected chi connectivity index (χ2v) is 13.7. The van der Waals surface area contributed by atoms with E-state index in [1.165, 1.54) is 36.4 Å². The molecular formula is C34H41FN2O12. The van der Waals surface area contributed by atoms with Gasteiger partial charge < -0.3 is 34.5 Å². The number of non-ortho nitro benzene ring substituents is 1. The molecule has 0 heterocycles. The number of allylic oxidation sites excluding steroid dienone is 4. The Kier molecular flexibility index (Phi) is 10.0. The van der Waals surface area contributed by atoms with Gasteiger partial charge in [-0.05, 0) is 68.7 Å². The van der Waals surface area contributed by atoms with Crippen molar-refractivity contribution >= 4 is 29.5 Å². The maximum Gasteiger partial charge on any atom is 0.513 e. The lowest BCUT2D eigenvalue weighted by molar-refractivity contribution is -0.384. The van der Waals surface area contributed by atoms with Crippen molar-refractivity contribution in [3.63, 3.8) is 0 Å². The van der Waals surface area contributed by atoms with E-state index in [0.29, 0.717) is 24.8 Å². The minimum Gasteiger partial charge on any atom is -0.441 e. The number of halogens is 1. The Morgan fingerprint density at radius 2 is 1.82 bits per heavy atom. The van der Waals surface area contributed by atoms with E-state index in [4.69, 9.17) is 18.9 Å². The molecule has 0 saturated heterocycles. The molecule has 15 heteroatoms. The maximum absolute atomic E-state index is 17.3. The molecule has 266 valence electrons.